The molecule has 0 radical (unpaired) electrons. The van der Waals surface area contributed by atoms with Gasteiger partial charge >= 0.3 is 39.5 Å². The van der Waals surface area contributed by atoms with E-state index in [0.717, 1.165) is 95.8 Å². The number of hydrogen-bond donors (Lipinski definition) is 3. The van der Waals surface area contributed by atoms with Crippen molar-refractivity contribution in [1.82, 2.24) is 0 Å². The predicted molar refractivity (Wildman–Crippen MR) is 391 cm³/mol. The van der Waals surface area contributed by atoms with Crippen molar-refractivity contribution in [3.8, 4) is 0 Å². The molecule has 0 bridgehead atoms. The molecule has 0 aromatic carbocycles. The van der Waals surface area contributed by atoms with E-state index in [1.165, 1.54) is 231 Å². The molecule has 570 valence electrons. The van der Waals surface area contributed by atoms with Gasteiger partial charge in [0, 0.05) is 25.7 Å². The van der Waals surface area contributed by atoms with Crippen LogP contribution in [-0.2, 0) is 65.4 Å². The molecule has 0 aromatic rings. The lowest BCUT2D eigenvalue weighted by atomic mass is 10.0. The Labute approximate surface area is 588 Å². The highest BCUT2D eigenvalue weighted by molar-refractivity contribution is 7.47. The van der Waals surface area contributed by atoms with Crippen LogP contribution in [0, 0.1) is 5.92 Å². The number of hydrogen-bond acceptors (Lipinski definition) is 15. The number of unbranched alkanes of at least 4 members (excludes halogenated alkanes) is 49. The molecule has 0 spiro atoms. The summed E-state index contributed by atoms with van der Waals surface area (Å²) in [7, 11) is -9.91. The van der Waals surface area contributed by atoms with Crippen LogP contribution in [0.4, 0.5) is 0 Å². The van der Waals surface area contributed by atoms with Gasteiger partial charge in [-0.25, -0.2) is 9.13 Å². The molecular formula is C77H150O17P2. The summed E-state index contributed by atoms with van der Waals surface area (Å²) in [5.74, 6) is -1.32. The summed E-state index contributed by atoms with van der Waals surface area (Å²) in [6.07, 6.45) is 59.5. The summed E-state index contributed by atoms with van der Waals surface area (Å²) in [5, 5.41) is 10.6. The third-order valence-electron chi connectivity index (χ3n) is 18.0. The molecule has 2 unspecified atom stereocenters. The third-order valence-corrected chi connectivity index (χ3v) is 19.9. The molecule has 0 saturated carbocycles. The zero-order valence-corrected chi connectivity index (χ0v) is 64.3. The molecule has 0 rings (SSSR count). The second kappa shape index (κ2) is 70.1. The summed E-state index contributed by atoms with van der Waals surface area (Å²) in [5.41, 5.74) is 0. The maximum absolute atomic E-state index is 13.1. The van der Waals surface area contributed by atoms with Crippen molar-refractivity contribution < 1.29 is 80.2 Å². The lowest BCUT2D eigenvalue weighted by Gasteiger charge is -2.21. The van der Waals surface area contributed by atoms with Crippen LogP contribution in [-0.4, -0.2) is 96.7 Å². The summed E-state index contributed by atoms with van der Waals surface area (Å²) < 4.78 is 68.6. The van der Waals surface area contributed by atoms with Gasteiger partial charge in [0.25, 0.3) is 0 Å². The number of aliphatic hydroxyl groups excluding tert-OH is 1. The van der Waals surface area contributed by atoms with Crippen LogP contribution in [0.25, 0.3) is 0 Å². The lowest BCUT2D eigenvalue weighted by molar-refractivity contribution is -0.161. The lowest BCUT2D eigenvalue weighted by Crippen LogP contribution is -2.30. The fourth-order valence-corrected chi connectivity index (χ4v) is 13.5. The number of carbonyl (C=O) groups is 4. The standard InChI is InChI=1S/C77H150O17P2/c1-6-9-12-15-18-21-23-25-27-28-29-33-38-43-48-53-58-63-77(82)94-73(67-88-75(80)61-56-51-46-41-36-34-30-31-35-40-44-49-54-59-70(4)5)69-92-96(85,86)90-65-71(78)64-89-95(83,84)91-68-72(66-87-74(79)60-55-50-45-39-20-17-14-11-8-3)93-76(81)62-57-52-47-42-37-32-26-24-22-19-16-13-10-7-2/h70-73,78H,6-69H2,1-5H3,(H,83,84)(H,85,86)/t71-,72+,73+/m0/s1. The predicted octanol–water partition coefficient (Wildman–Crippen LogP) is 22.9. The van der Waals surface area contributed by atoms with Crippen LogP contribution in [0.2, 0.25) is 0 Å². The van der Waals surface area contributed by atoms with Gasteiger partial charge in [-0.15, -0.1) is 0 Å². The molecule has 0 aliphatic heterocycles. The van der Waals surface area contributed by atoms with Crippen LogP contribution < -0.4 is 0 Å². The van der Waals surface area contributed by atoms with Crippen molar-refractivity contribution in [3.63, 3.8) is 0 Å². The quantitative estimate of drug-likeness (QED) is 0.0222. The van der Waals surface area contributed by atoms with Gasteiger partial charge in [0.05, 0.1) is 26.4 Å². The van der Waals surface area contributed by atoms with Crippen LogP contribution in [0.15, 0.2) is 0 Å². The average Bonchev–Trinajstić information content (AvgIpc) is 1.18. The topological polar surface area (TPSA) is 237 Å². The SMILES string of the molecule is CCCCCCCCCCCCCCCCCCCC(=O)O[C@H](COC(=O)CCCCCCCCCCCCCCCC(C)C)COP(=O)(O)OC[C@@H](O)COP(=O)(O)OC[C@@H](COC(=O)CCCCCCCCCCC)OC(=O)CCCCCCCCCCCCCCCC. The Bertz CT molecular complexity index is 1840. The first-order valence-electron chi connectivity index (χ1n) is 40.1. The smallest absolute Gasteiger partial charge is 0.462 e. The van der Waals surface area contributed by atoms with E-state index >= 15 is 0 Å². The van der Waals surface area contributed by atoms with Crippen molar-refractivity contribution in [2.45, 2.75) is 425 Å². The average molecular weight is 1410 g/mol. The minimum Gasteiger partial charge on any atom is -0.462 e. The molecule has 19 heteroatoms. The van der Waals surface area contributed by atoms with E-state index in [1.54, 1.807) is 0 Å². The molecule has 0 aliphatic carbocycles. The zero-order chi connectivity index (χ0) is 70.5. The van der Waals surface area contributed by atoms with E-state index in [0.29, 0.717) is 25.7 Å². The van der Waals surface area contributed by atoms with E-state index in [1.807, 2.05) is 0 Å². The number of rotatable bonds is 77. The Kier molecular flexibility index (Phi) is 68.7. The molecule has 17 nitrogen and oxygen atoms in total. The van der Waals surface area contributed by atoms with E-state index in [9.17, 15) is 43.2 Å². The van der Waals surface area contributed by atoms with Gasteiger partial charge in [0.2, 0.25) is 0 Å². The normalized spacial score (nSPS) is 13.9. The van der Waals surface area contributed by atoms with E-state index < -0.39 is 97.5 Å². The zero-order valence-electron chi connectivity index (χ0n) is 62.5. The van der Waals surface area contributed by atoms with Gasteiger partial charge in [0.15, 0.2) is 12.2 Å². The fourth-order valence-electron chi connectivity index (χ4n) is 11.9. The number of aliphatic hydroxyl groups is 1. The molecule has 3 N–H and O–H groups in total. The fraction of sp³-hybridized carbons (Fsp3) is 0.948. The minimum atomic E-state index is -4.96. The van der Waals surface area contributed by atoms with Gasteiger partial charge in [0.1, 0.15) is 19.3 Å². The van der Waals surface area contributed by atoms with Gasteiger partial charge in [-0.3, -0.25) is 37.3 Å². The minimum absolute atomic E-state index is 0.108. The highest BCUT2D eigenvalue weighted by atomic mass is 31.2. The summed E-state index contributed by atoms with van der Waals surface area (Å²) in [6, 6.07) is 0. The van der Waals surface area contributed by atoms with E-state index in [4.69, 9.17) is 37.0 Å². The molecule has 0 amide bonds. The molecule has 0 aromatic heterocycles. The van der Waals surface area contributed by atoms with Crippen LogP contribution in [0.1, 0.15) is 407 Å². The van der Waals surface area contributed by atoms with Gasteiger partial charge in [-0.2, -0.15) is 0 Å². The Balaban J connectivity index is 5.23. The number of carbonyl (C=O) groups excluding carboxylic acids is 4. The van der Waals surface area contributed by atoms with Crippen molar-refractivity contribution in [1.29, 1.82) is 0 Å². The first-order chi connectivity index (χ1) is 46.5. The largest absolute Gasteiger partial charge is 0.472 e. The molecule has 5 atom stereocenters. The van der Waals surface area contributed by atoms with Crippen LogP contribution >= 0.6 is 15.6 Å². The molecule has 0 aliphatic rings. The van der Waals surface area contributed by atoms with Crippen molar-refractivity contribution >= 4 is 39.5 Å². The highest BCUT2D eigenvalue weighted by Gasteiger charge is 2.30. The molecule has 0 heterocycles. The maximum atomic E-state index is 13.1. The molecule has 0 saturated heterocycles. The van der Waals surface area contributed by atoms with Gasteiger partial charge in [-0.1, -0.05) is 356 Å². The Morgan fingerprint density at radius 3 is 0.708 bits per heavy atom. The highest BCUT2D eigenvalue weighted by Crippen LogP contribution is 2.45. The molecule has 96 heavy (non-hydrogen) atoms. The number of phosphoric acid groups is 2. The summed E-state index contributed by atoms with van der Waals surface area (Å²) in [6.45, 7) is 7.31. The number of phosphoric ester groups is 2. The first-order valence-corrected chi connectivity index (χ1v) is 43.1. The van der Waals surface area contributed by atoms with Crippen molar-refractivity contribution in [3.05, 3.63) is 0 Å². The van der Waals surface area contributed by atoms with E-state index in [2.05, 4.69) is 34.6 Å². The Morgan fingerprint density at radius 2 is 0.479 bits per heavy atom. The summed E-state index contributed by atoms with van der Waals surface area (Å²) in [4.78, 5) is 72.8. The Hall–Kier alpha value is -1.94. The van der Waals surface area contributed by atoms with Crippen molar-refractivity contribution in [2.75, 3.05) is 39.6 Å². The van der Waals surface area contributed by atoms with E-state index in [-0.39, 0.29) is 25.7 Å². The molecule has 0 fully saturated rings. The second-order valence-electron chi connectivity index (χ2n) is 28.2. The third kappa shape index (κ3) is 70.5. The van der Waals surface area contributed by atoms with Crippen LogP contribution in [0.5, 0.6) is 0 Å². The monoisotopic (exact) mass is 1410 g/mol. The maximum Gasteiger partial charge on any atom is 0.472 e. The second-order valence-corrected chi connectivity index (χ2v) is 31.1. The summed E-state index contributed by atoms with van der Waals surface area (Å²) >= 11 is 0. The Morgan fingerprint density at radius 1 is 0.281 bits per heavy atom. The van der Waals surface area contributed by atoms with Gasteiger partial charge in [-0.05, 0) is 31.6 Å². The van der Waals surface area contributed by atoms with Gasteiger partial charge < -0.3 is 33.8 Å². The number of esters is 4. The van der Waals surface area contributed by atoms with Crippen molar-refractivity contribution in [2.24, 2.45) is 5.92 Å². The first kappa shape index (κ1) is 94.1. The molecular weight excluding hydrogens is 1260 g/mol. The van der Waals surface area contributed by atoms with Crippen LogP contribution in [0.3, 0.4) is 0 Å². The number of ether oxygens (including phenoxy) is 4.